The maximum atomic E-state index is 10.3. The molecule has 8 atom stereocenters. The molecule has 0 unspecified atom stereocenters. The van der Waals surface area contributed by atoms with Crippen molar-refractivity contribution in [2.75, 3.05) is 0 Å². The lowest BCUT2D eigenvalue weighted by atomic mass is 9.47. The summed E-state index contributed by atoms with van der Waals surface area (Å²) in [5.41, 5.74) is 2.61. The van der Waals surface area contributed by atoms with Crippen LogP contribution >= 0.6 is 22.6 Å². The smallest absolute Gasteiger partial charge is 0.0578 e. The van der Waals surface area contributed by atoms with Crippen LogP contribution < -0.4 is 0 Å². The van der Waals surface area contributed by atoms with E-state index in [9.17, 15) is 5.11 Å². The van der Waals surface area contributed by atoms with Crippen LogP contribution in [0.3, 0.4) is 0 Å². The van der Waals surface area contributed by atoms with Gasteiger partial charge in [-0.2, -0.15) is 0 Å². The lowest BCUT2D eigenvalue weighted by molar-refractivity contribution is -0.0576. The standard InChI is InChI=1S/C27H45IO/c1-17(2)7-6-8-18(3)21-9-10-22-20-16-25(28)24-15-19(29)11-13-27(24,5)23(20)12-14-26(21,22)4/h17-23,29H,6-16H2,1-5H3/t18-,19+,20+,21-,22+,23+,26-,27-/m1/s1. The molecule has 0 bridgehead atoms. The van der Waals surface area contributed by atoms with E-state index < -0.39 is 0 Å². The van der Waals surface area contributed by atoms with E-state index in [0.717, 1.165) is 48.3 Å². The van der Waals surface area contributed by atoms with Crippen LogP contribution in [0.25, 0.3) is 0 Å². The summed E-state index contributed by atoms with van der Waals surface area (Å²) in [5, 5.41) is 10.3. The van der Waals surface area contributed by atoms with E-state index in [0.29, 0.717) is 10.8 Å². The molecule has 166 valence electrons. The fraction of sp³-hybridized carbons (Fsp3) is 0.926. The molecule has 0 aliphatic heterocycles. The van der Waals surface area contributed by atoms with Crippen molar-refractivity contribution in [2.24, 2.45) is 46.3 Å². The fourth-order valence-electron chi connectivity index (χ4n) is 8.74. The minimum atomic E-state index is -0.0872. The number of allylic oxidation sites excluding steroid dienone is 1. The third-order valence-corrected chi connectivity index (χ3v) is 11.4. The monoisotopic (exact) mass is 512 g/mol. The van der Waals surface area contributed by atoms with Gasteiger partial charge in [0.25, 0.3) is 0 Å². The van der Waals surface area contributed by atoms with Crippen molar-refractivity contribution in [1.82, 2.24) is 0 Å². The summed E-state index contributed by atoms with van der Waals surface area (Å²) in [7, 11) is 0. The molecule has 0 aromatic rings. The van der Waals surface area contributed by atoms with Gasteiger partial charge in [0.05, 0.1) is 6.10 Å². The molecule has 3 saturated carbocycles. The zero-order valence-electron chi connectivity index (χ0n) is 19.6. The largest absolute Gasteiger partial charge is 0.393 e. The summed E-state index contributed by atoms with van der Waals surface area (Å²) < 4.78 is 1.63. The van der Waals surface area contributed by atoms with E-state index in [1.807, 2.05) is 0 Å². The van der Waals surface area contributed by atoms with Crippen molar-refractivity contribution in [1.29, 1.82) is 0 Å². The molecule has 29 heavy (non-hydrogen) atoms. The zero-order chi connectivity index (χ0) is 21.0. The van der Waals surface area contributed by atoms with Gasteiger partial charge in [-0.3, -0.25) is 0 Å². The molecule has 0 heterocycles. The van der Waals surface area contributed by atoms with Crippen LogP contribution in [0.2, 0.25) is 0 Å². The number of rotatable bonds is 5. The molecule has 0 aromatic carbocycles. The second-order valence-corrected chi connectivity index (χ2v) is 13.6. The van der Waals surface area contributed by atoms with Crippen molar-refractivity contribution in [2.45, 2.75) is 111 Å². The molecule has 0 aromatic heterocycles. The van der Waals surface area contributed by atoms with Crippen LogP contribution in [0.15, 0.2) is 9.15 Å². The van der Waals surface area contributed by atoms with Crippen LogP contribution in [-0.2, 0) is 0 Å². The minimum Gasteiger partial charge on any atom is -0.393 e. The summed E-state index contributed by atoms with van der Waals surface area (Å²) in [6.45, 7) is 12.6. The predicted octanol–water partition coefficient (Wildman–Crippen LogP) is 8.15. The van der Waals surface area contributed by atoms with E-state index >= 15 is 0 Å². The van der Waals surface area contributed by atoms with Gasteiger partial charge in [-0.25, -0.2) is 0 Å². The zero-order valence-corrected chi connectivity index (χ0v) is 21.8. The Kier molecular flexibility index (Phi) is 6.56. The third kappa shape index (κ3) is 3.89. The van der Waals surface area contributed by atoms with Gasteiger partial charge in [0.15, 0.2) is 0 Å². The van der Waals surface area contributed by atoms with Crippen molar-refractivity contribution in [3.63, 3.8) is 0 Å². The van der Waals surface area contributed by atoms with E-state index in [-0.39, 0.29) is 6.10 Å². The maximum Gasteiger partial charge on any atom is 0.0578 e. The van der Waals surface area contributed by atoms with E-state index in [4.69, 9.17) is 0 Å². The number of fused-ring (bicyclic) bond motifs is 5. The summed E-state index contributed by atoms with van der Waals surface area (Å²) in [6, 6.07) is 0. The highest BCUT2D eigenvalue weighted by Gasteiger charge is 2.59. The van der Waals surface area contributed by atoms with E-state index in [1.165, 1.54) is 57.8 Å². The Hall–Kier alpha value is 0.430. The predicted molar refractivity (Wildman–Crippen MR) is 132 cm³/mol. The molecule has 2 heteroatoms. The highest BCUT2D eigenvalue weighted by molar-refractivity contribution is 14.1. The minimum absolute atomic E-state index is 0.0872. The average Bonchev–Trinajstić information content (AvgIpc) is 3.00. The molecule has 4 aliphatic rings. The van der Waals surface area contributed by atoms with Crippen LogP contribution in [0.5, 0.6) is 0 Å². The van der Waals surface area contributed by atoms with Gasteiger partial charge < -0.3 is 5.11 Å². The maximum absolute atomic E-state index is 10.3. The molecule has 1 N–H and O–H groups in total. The number of halogens is 1. The highest BCUT2D eigenvalue weighted by atomic mass is 127. The summed E-state index contributed by atoms with van der Waals surface area (Å²) in [5.74, 6) is 5.41. The fourth-order valence-corrected chi connectivity index (χ4v) is 10.1. The third-order valence-electron chi connectivity index (χ3n) is 10.3. The van der Waals surface area contributed by atoms with E-state index in [1.54, 1.807) is 9.15 Å². The van der Waals surface area contributed by atoms with Crippen molar-refractivity contribution in [3.05, 3.63) is 9.15 Å². The Labute approximate surface area is 194 Å². The van der Waals surface area contributed by atoms with Gasteiger partial charge >= 0.3 is 0 Å². The van der Waals surface area contributed by atoms with Crippen molar-refractivity contribution >= 4 is 22.6 Å². The molecule has 4 aliphatic carbocycles. The molecule has 0 saturated heterocycles. The highest BCUT2D eigenvalue weighted by Crippen LogP contribution is 2.68. The summed E-state index contributed by atoms with van der Waals surface area (Å²) in [6.07, 6.45) is 14.5. The molecule has 0 radical (unpaired) electrons. The lowest BCUT2D eigenvalue weighted by Crippen LogP contribution is -2.51. The topological polar surface area (TPSA) is 20.2 Å². The Morgan fingerprint density at radius 2 is 1.72 bits per heavy atom. The molecular weight excluding hydrogens is 467 g/mol. The van der Waals surface area contributed by atoms with Crippen LogP contribution in [0.1, 0.15) is 105 Å². The van der Waals surface area contributed by atoms with Gasteiger partial charge in [-0.05, 0) is 124 Å². The first-order valence-corrected chi connectivity index (χ1v) is 13.8. The van der Waals surface area contributed by atoms with Gasteiger partial charge in [0.1, 0.15) is 0 Å². The lowest BCUT2D eigenvalue weighted by Gasteiger charge is -2.59. The normalized spacial score (nSPS) is 45.7. The molecule has 0 spiro atoms. The van der Waals surface area contributed by atoms with Crippen molar-refractivity contribution in [3.8, 4) is 0 Å². The quantitative estimate of drug-likeness (QED) is 0.369. The molecule has 0 amide bonds. The average molecular weight is 513 g/mol. The molecule has 4 rings (SSSR count). The van der Waals surface area contributed by atoms with Crippen molar-refractivity contribution < 1.29 is 5.11 Å². The first-order chi connectivity index (χ1) is 13.7. The van der Waals surface area contributed by atoms with Gasteiger partial charge in [-0.15, -0.1) is 0 Å². The second kappa shape index (κ2) is 8.41. The molecule has 3 fully saturated rings. The van der Waals surface area contributed by atoms with Gasteiger partial charge in [-0.1, -0.05) is 59.5 Å². The molecular formula is C27H45IO. The summed E-state index contributed by atoms with van der Waals surface area (Å²) >= 11 is 2.67. The Bertz CT molecular complexity index is 638. The first-order valence-electron chi connectivity index (χ1n) is 12.7. The first kappa shape index (κ1) is 22.6. The Balaban J connectivity index is 1.53. The number of hydrogen-bond acceptors (Lipinski definition) is 1. The number of aliphatic hydroxyl groups is 1. The van der Waals surface area contributed by atoms with Gasteiger partial charge in [0.2, 0.25) is 0 Å². The van der Waals surface area contributed by atoms with E-state index in [2.05, 4.69) is 57.2 Å². The number of hydrogen-bond donors (Lipinski definition) is 1. The SMILES string of the molecule is CC(C)CCC[C@@H](C)[C@H]1CC[C@H]2[C@@H]3CC(I)=C4C[C@@H](O)CC[C@]4(C)[C@H]3CC[C@]12C. The van der Waals surface area contributed by atoms with Crippen LogP contribution in [-0.4, -0.2) is 11.2 Å². The van der Waals surface area contributed by atoms with Crippen LogP contribution in [0.4, 0.5) is 0 Å². The molecule has 1 nitrogen and oxygen atoms in total. The Morgan fingerprint density at radius 3 is 2.45 bits per heavy atom. The summed E-state index contributed by atoms with van der Waals surface area (Å²) in [4.78, 5) is 0. The second-order valence-electron chi connectivity index (χ2n) is 12.3. The number of aliphatic hydroxyl groups excluding tert-OH is 1. The van der Waals surface area contributed by atoms with Gasteiger partial charge in [0, 0.05) is 0 Å². The Morgan fingerprint density at radius 1 is 0.966 bits per heavy atom. The van der Waals surface area contributed by atoms with Crippen LogP contribution in [0, 0.1) is 46.3 Å².